The Morgan fingerprint density at radius 1 is 0.371 bits per heavy atom. The van der Waals surface area contributed by atoms with Gasteiger partial charge in [-0.2, -0.15) is 0 Å². The van der Waals surface area contributed by atoms with Crippen molar-refractivity contribution >= 4 is 50.0 Å². The zero-order valence-electron chi connectivity index (χ0n) is 44.6. The molecule has 0 bridgehead atoms. The first-order chi connectivity index (χ1) is 33.3. The highest BCUT2D eigenvalue weighted by Gasteiger charge is 2.31. The predicted octanol–water partition coefficient (Wildman–Crippen LogP) is 20.2. The first-order valence-corrected chi connectivity index (χ1v) is 25.7. The zero-order chi connectivity index (χ0) is 50.2. The van der Waals surface area contributed by atoms with Crippen LogP contribution in [-0.4, -0.2) is 6.04 Å². The van der Waals surface area contributed by atoms with Gasteiger partial charge in [-0.25, -0.2) is 0 Å². The van der Waals surface area contributed by atoms with E-state index in [9.17, 15) is 0 Å². The molecule has 1 unspecified atom stereocenters. The number of hydrogen-bond acceptors (Lipinski definition) is 2. The predicted molar refractivity (Wildman–Crippen MR) is 308 cm³/mol. The summed E-state index contributed by atoms with van der Waals surface area (Å²) in [6.45, 7) is 31.6. The van der Waals surface area contributed by atoms with Crippen molar-refractivity contribution in [3.8, 4) is 22.3 Å². The van der Waals surface area contributed by atoms with E-state index < -0.39 is 0 Å². The van der Waals surface area contributed by atoms with Crippen molar-refractivity contribution in [3.05, 3.63) is 210 Å². The Bertz CT molecular complexity index is 3070. The summed E-state index contributed by atoms with van der Waals surface area (Å²) in [7, 11) is 0. The monoisotopic (exact) mass is 921 g/mol. The lowest BCUT2D eigenvalue weighted by Gasteiger charge is -2.38. The van der Waals surface area contributed by atoms with Crippen LogP contribution in [0.1, 0.15) is 120 Å². The maximum Gasteiger partial charge on any atom is 0.0620 e. The van der Waals surface area contributed by atoms with E-state index in [1.807, 2.05) is 13.8 Å². The molecule has 1 aliphatic carbocycles. The Balaban J connectivity index is 0.00000325. The van der Waals surface area contributed by atoms with Gasteiger partial charge in [0.25, 0.3) is 0 Å². The van der Waals surface area contributed by atoms with E-state index in [-0.39, 0.29) is 27.7 Å². The lowest BCUT2D eigenvalue weighted by Crippen LogP contribution is -2.31. The van der Waals surface area contributed by atoms with Gasteiger partial charge in [0.05, 0.1) is 17.4 Å². The molecule has 0 fully saturated rings. The Morgan fingerprint density at radius 3 is 1.13 bits per heavy atom. The molecule has 0 heterocycles. The zero-order valence-corrected chi connectivity index (χ0v) is 44.6. The number of hydrogen-bond donors (Lipinski definition) is 0. The molecular formula is C68H76N2. The summed E-state index contributed by atoms with van der Waals surface area (Å²) in [4.78, 5) is 5.19. The minimum atomic E-state index is 0.0160. The van der Waals surface area contributed by atoms with Gasteiger partial charge in [-0.15, -0.1) is 0 Å². The van der Waals surface area contributed by atoms with Gasteiger partial charge in [0, 0.05) is 38.6 Å². The van der Waals surface area contributed by atoms with E-state index >= 15 is 0 Å². The molecule has 1 aliphatic rings. The molecule has 0 aliphatic heterocycles. The van der Waals surface area contributed by atoms with Crippen LogP contribution in [0, 0.1) is 5.41 Å². The van der Waals surface area contributed by atoms with Gasteiger partial charge in [0.2, 0.25) is 0 Å². The third-order valence-corrected chi connectivity index (χ3v) is 14.0. The highest BCUT2D eigenvalue weighted by atomic mass is 15.2. The molecule has 0 saturated heterocycles. The van der Waals surface area contributed by atoms with E-state index in [0.29, 0.717) is 0 Å². The van der Waals surface area contributed by atoms with Crippen molar-refractivity contribution in [1.29, 1.82) is 0 Å². The Hall–Kier alpha value is -6.64. The van der Waals surface area contributed by atoms with Gasteiger partial charge in [-0.05, 0) is 121 Å². The summed E-state index contributed by atoms with van der Waals surface area (Å²) in [6.07, 6.45) is 8.22. The summed E-state index contributed by atoms with van der Waals surface area (Å²) in [6, 6.07) is 64.3. The molecule has 8 aromatic carbocycles. The van der Waals surface area contributed by atoms with Crippen LogP contribution in [0.2, 0.25) is 0 Å². The molecule has 70 heavy (non-hydrogen) atoms. The van der Waals surface area contributed by atoms with Gasteiger partial charge in [0.15, 0.2) is 0 Å². The first-order valence-electron chi connectivity index (χ1n) is 25.7. The number of fused-ring (bicyclic) bond motifs is 2. The summed E-state index contributed by atoms with van der Waals surface area (Å²) in [5.41, 5.74) is 16.0. The van der Waals surface area contributed by atoms with Crippen LogP contribution in [-0.2, 0) is 16.2 Å². The lowest BCUT2D eigenvalue weighted by molar-refractivity contribution is 0.510. The average molecular weight is 921 g/mol. The number of anilines is 5. The Labute approximate surface area is 421 Å². The van der Waals surface area contributed by atoms with Gasteiger partial charge < -0.3 is 9.80 Å². The molecule has 2 heteroatoms. The fourth-order valence-corrected chi connectivity index (χ4v) is 9.90. The van der Waals surface area contributed by atoms with Crippen LogP contribution in [0.3, 0.4) is 0 Å². The fourth-order valence-electron chi connectivity index (χ4n) is 9.90. The third kappa shape index (κ3) is 10.3. The molecule has 2 nitrogen and oxygen atoms in total. The quantitative estimate of drug-likeness (QED) is 0.111. The molecule has 0 N–H and O–H groups in total. The number of benzene rings is 8. The second-order valence-corrected chi connectivity index (χ2v) is 23.1. The summed E-state index contributed by atoms with van der Waals surface area (Å²) < 4.78 is 0. The summed E-state index contributed by atoms with van der Waals surface area (Å²) in [5.74, 6) is 0. The minimum Gasteiger partial charge on any atom is -0.333 e. The van der Waals surface area contributed by atoms with Crippen LogP contribution in [0.5, 0.6) is 0 Å². The van der Waals surface area contributed by atoms with E-state index in [4.69, 9.17) is 0 Å². The van der Waals surface area contributed by atoms with Crippen LogP contribution < -0.4 is 9.80 Å². The van der Waals surface area contributed by atoms with Crippen molar-refractivity contribution in [2.45, 2.75) is 126 Å². The van der Waals surface area contributed by atoms with Crippen LogP contribution in [0.25, 0.3) is 43.8 Å². The first kappa shape index (κ1) is 49.8. The van der Waals surface area contributed by atoms with E-state index in [0.717, 1.165) is 17.8 Å². The highest BCUT2D eigenvalue weighted by molar-refractivity contribution is 6.23. The molecular weight excluding hydrogens is 845 g/mol. The molecule has 8 aromatic rings. The number of allylic oxidation sites excluding steroid dienone is 2. The molecule has 1 atom stereocenters. The third-order valence-electron chi connectivity index (χ3n) is 14.0. The topological polar surface area (TPSA) is 6.48 Å². The van der Waals surface area contributed by atoms with Crippen molar-refractivity contribution < 1.29 is 0 Å². The van der Waals surface area contributed by atoms with E-state index in [1.165, 1.54) is 83.1 Å². The molecule has 0 spiro atoms. The maximum absolute atomic E-state index is 2.66. The number of rotatable bonds is 8. The Kier molecular flexibility index (Phi) is 14.0. The average Bonchev–Trinajstić information content (AvgIpc) is 3.35. The maximum atomic E-state index is 2.66. The van der Waals surface area contributed by atoms with Gasteiger partial charge in [-0.3, -0.25) is 0 Å². The normalized spacial score (nSPS) is 14.3. The molecule has 0 radical (unpaired) electrons. The van der Waals surface area contributed by atoms with Crippen molar-refractivity contribution in [3.63, 3.8) is 0 Å². The van der Waals surface area contributed by atoms with Crippen LogP contribution in [0.15, 0.2) is 194 Å². The van der Waals surface area contributed by atoms with Crippen molar-refractivity contribution in [1.82, 2.24) is 0 Å². The lowest BCUT2D eigenvalue weighted by atomic mass is 9.82. The summed E-state index contributed by atoms with van der Waals surface area (Å²) in [5, 5.41) is 4.81. The van der Waals surface area contributed by atoms with Crippen molar-refractivity contribution in [2.24, 2.45) is 5.41 Å². The fraction of sp³-hybridized carbons (Fsp3) is 0.294. The molecule has 358 valence electrons. The molecule has 0 aromatic heterocycles. The van der Waals surface area contributed by atoms with Crippen LogP contribution in [0.4, 0.5) is 28.4 Å². The molecule has 0 saturated carbocycles. The SMILES string of the molecule is CC.CC(C)(C)C1=CCC(N(c2ccc(C(C)(C)C)cc2)c2c3ccc(-c4ccccc4)cc3c(N(c3ccc(C(C)(C)C)cc3)c3ccc(C(C)(C)C)cc3)c3ccc(-c4ccccc4)cc23)C=C1. The van der Waals surface area contributed by atoms with Gasteiger partial charge in [0.1, 0.15) is 0 Å². The minimum absolute atomic E-state index is 0.0160. The van der Waals surface area contributed by atoms with Gasteiger partial charge >= 0.3 is 0 Å². The number of nitrogens with zero attached hydrogens (tertiary/aromatic N) is 2. The van der Waals surface area contributed by atoms with Crippen molar-refractivity contribution in [2.75, 3.05) is 9.80 Å². The largest absolute Gasteiger partial charge is 0.333 e. The Morgan fingerprint density at radius 2 is 0.757 bits per heavy atom. The van der Waals surface area contributed by atoms with E-state index in [2.05, 4.69) is 281 Å². The highest BCUT2D eigenvalue weighted by Crippen LogP contribution is 2.52. The second-order valence-electron chi connectivity index (χ2n) is 23.1. The summed E-state index contributed by atoms with van der Waals surface area (Å²) >= 11 is 0. The van der Waals surface area contributed by atoms with E-state index in [1.54, 1.807) is 0 Å². The van der Waals surface area contributed by atoms with Crippen LogP contribution >= 0.6 is 0 Å². The standard InChI is InChI=1S/C66H70N2.C2H6/c1-63(2,3)49-25-33-53(34-26-49)67(54-35-27-50(28-36-54)64(4,5)6)61-57-41-23-48(46-21-17-14-18-22-46)44-60(57)62(58-42-24-47(43-59(58)61)45-19-15-13-16-20-45)68(55-37-29-51(30-38-55)65(7,8)9)56-39-31-52(32-40-56)66(10,11)12;1-2/h13-39,41-44,56H,40H2,1-12H3;1-2H3. The molecule has 0 amide bonds. The molecule has 9 rings (SSSR count). The smallest absolute Gasteiger partial charge is 0.0620 e. The van der Waals surface area contributed by atoms with Gasteiger partial charge in [-0.1, -0.05) is 236 Å². The second kappa shape index (κ2) is 19.6.